The topological polar surface area (TPSA) is 103 Å². The van der Waals surface area contributed by atoms with E-state index in [1.807, 2.05) is 0 Å². The van der Waals surface area contributed by atoms with E-state index in [1.54, 1.807) is 0 Å². The average Bonchev–Trinajstić information content (AvgIpc) is 2.39. The molecule has 0 aliphatic heterocycles. The molecule has 1 aromatic carbocycles. The summed E-state index contributed by atoms with van der Waals surface area (Å²) in [5.41, 5.74) is -0.396. The predicted octanol–water partition coefficient (Wildman–Crippen LogP) is 2.48. The minimum atomic E-state index is -1.24. The summed E-state index contributed by atoms with van der Waals surface area (Å²) in [6.07, 6.45) is 1.32. The van der Waals surface area contributed by atoms with E-state index in [2.05, 4.69) is 4.98 Å². The smallest absolute Gasteiger partial charge is 0.358 e. The van der Waals surface area contributed by atoms with Crippen LogP contribution >= 0.6 is 0 Å². The van der Waals surface area contributed by atoms with Gasteiger partial charge in [-0.2, -0.15) is 0 Å². The van der Waals surface area contributed by atoms with Gasteiger partial charge < -0.3 is 9.84 Å². The number of nitro groups is 1. The molecule has 1 heterocycles. The Kier molecular flexibility index (Phi) is 3.37. The number of aromatic carboxylic acids is 1. The molecule has 0 aliphatic carbocycles. The van der Waals surface area contributed by atoms with Crippen molar-refractivity contribution in [3.8, 4) is 11.5 Å². The first-order chi connectivity index (χ1) is 9.08. The predicted molar refractivity (Wildman–Crippen MR) is 64.4 cm³/mol. The van der Waals surface area contributed by atoms with Crippen molar-refractivity contribution in [2.45, 2.75) is 0 Å². The van der Waals surface area contributed by atoms with Crippen LogP contribution in [-0.2, 0) is 0 Å². The number of nitro benzene ring substituents is 1. The fourth-order valence-corrected chi connectivity index (χ4v) is 1.42. The minimum absolute atomic E-state index is 0.0236. The first-order valence-corrected chi connectivity index (χ1v) is 5.18. The third kappa shape index (κ3) is 2.83. The van der Waals surface area contributed by atoms with Gasteiger partial charge in [-0.05, 0) is 18.2 Å². The van der Waals surface area contributed by atoms with Crippen LogP contribution in [0, 0.1) is 10.1 Å². The summed E-state index contributed by atoms with van der Waals surface area (Å²) < 4.78 is 5.31. The van der Waals surface area contributed by atoms with Gasteiger partial charge in [-0.3, -0.25) is 10.1 Å². The van der Waals surface area contributed by atoms with Gasteiger partial charge in [0.1, 0.15) is 5.75 Å². The number of ether oxygens (including phenoxy) is 1. The summed E-state index contributed by atoms with van der Waals surface area (Å²) in [5, 5.41) is 19.6. The van der Waals surface area contributed by atoms with E-state index < -0.39 is 10.9 Å². The standard InChI is InChI=1S/C12H8N2O5/c15-12(16)11-10(5-2-6-13-11)19-9-4-1-3-8(7-9)14(17)18/h1-7H,(H,15,16). The van der Waals surface area contributed by atoms with Crippen LogP contribution in [0.15, 0.2) is 42.6 Å². The molecule has 19 heavy (non-hydrogen) atoms. The van der Waals surface area contributed by atoms with Gasteiger partial charge in [-0.15, -0.1) is 0 Å². The van der Waals surface area contributed by atoms with Crippen LogP contribution in [-0.4, -0.2) is 21.0 Å². The van der Waals surface area contributed by atoms with Crippen LogP contribution in [0.1, 0.15) is 10.5 Å². The number of carbonyl (C=O) groups is 1. The lowest BCUT2D eigenvalue weighted by Crippen LogP contribution is -2.02. The van der Waals surface area contributed by atoms with E-state index in [4.69, 9.17) is 9.84 Å². The Labute approximate surface area is 107 Å². The molecule has 0 fully saturated rings. The monoisotopic (exact) mass is 260 g/mol. The fraction of sp³-hybridized carbons (Fsp3) is 0. The third-order valence-corrected chi connectivity index (χ3v) is 2.23. The number of rotatable bonds is 4. The van der Waals surface area contributed by atoms with E-state index >= 15 is 0 Å². The van der Waals surface area contributed by atoms with Crippen molar-refractivity contribution in [2.75, 3.05) is 0 Å². The van der Waals surface area contributed by atoms with E-state index in [0.29, 0.717) is 0 Å². The van der Waals surface area contributed by atoms with Crippen LogP contribution in [0.3, 0.4) is 0 Å². The zero-order valence-electron chi connectivity index (χ0n) is 9.52. The van der Waals surface area contributed by atoms with Gasteiger partial charge in [-0.25, -0.2) is 9.78 Å². The van der Waals surface area contributed by atoms with Crippen molar-refractivity contribution < 1.29 is 19.6 Å². The highest BCUT2D eigenvalue weighted by atomic mass is 16.6. The number of carboxylic acids is 1. The normalized spacial score (nSPS) is 9.89. The second kappa shape index (κ2) is 5.13. The molecular formula is C12H8N2O5. The first-order valence-electron chi connectivity index (χ1n) is 5.18. The molecule has 0 bridgehead atoms. The highest BCUT2D eigenvalue weighted by molar-refractivity contribution is 5.88. The number of pyridine rings is 1. The molecular weight excluding hydrogens is 252 g/mol. The molecule has 1 N–H and O–H groups in total. The zero-order valence-corrected chi connectivity index (χ0v) is 9.52. The Morgan fingerprint density at radius 1 is 1.32 bits per heavy atom. The molecule has 2 aromatic rings. The van der Waals surface area contributed by atoms with E-state index in [1.165, 1.54) is 42.6 Å². The molecule has 0 amide bonds. The quantitative estimate of drug-likeness (QED) is 0.669. The van der Waals surface area contributed by atoms with Gasteiger partial charge in [0.25, 0.3) is 5.69 Å². The van der Waals surface area contributed by atoms with Gasteiger partial charge in [0.15, 0.2) is 11.4 Å². The fourth-order valence-electron chi connectivity index (χ4n) is 1.42. The third-order valence-electron chi connectivity index (χ3n) is 2.23. The number of aromatic nitrogens is 1. The van der Waals surface area contributed by atoms with Crippen LogP contribution in [0.25, 0.3) is 0 Å². The lowest BCUT2D eigenvalue weighted by molar-refractivity contribution is -0.384. The summed E-state index contributed by atoms with van der Waals surface area (Å²) in [6, 6.07) is 8.40. The maximum absolute atomic E-state index is 10.9. The summed E-state index contributed by atoms with van der Waals surface area (Å²) in [7, 11) is 0. The van der Waals surface area contributed by atoms with Gasteiger partial charge in [-0.1, -0.05) is 6.07 Å². The summed E-state index contributed by atoms with van der Waals surface area (Å²) in [6.45, 7) is 0. The molecule has 0 atom stereocenters. The molecule has 7 nitrogen and oxygen atoms in total. The van der Waals surface area contributed by atoms with Crippen LogP contribution in [0.2, 0.25) is 0 Å². The van der Waals surface area contributed by atoms with Crippen molar-refractivity contribution in [3.05, 3.63) is 58.4 Å². The lowest BCUT2D eigenvalue weighted by atomic mass is 10.3. The number of carboxylic acid groups (broad SMARTS) is 1. The molecule has 0 spiro atoms. The lowest BCUT2D eigenvalue weighted by Gasteiger charge is -2.07. The van der Waals surface area contributed by atoms with Gasteiger partial charge in [0, 0.05) is 12.3 Å². The molecule has 7 heteroatoms. The van der Waals surface area contributed by atoms with E-state index in [0.717, 1.165) is 0 Å². The zero-order chi connectivity index (χ0) is 13.8. The maximum atomic E-state index is 10.9. The summed E-state index contributed by atoms with van der Waals surface area (Å²) in [4.78, 5) is 24.7. The average molecular weight is 260 g/mol. The Morgan fingerprint density at radius 2 is 2.11 bits per heavy atom. The first kappa shape index (κ1) is 12.5. The van der Waals surface area contributed by atoms with E-state index in [-0.39, 0.29) is 22.9 Å². The second-order valence-corrected chi connectivity index (χ2v) is 3.51. The number of nitrogens with zero attached hydrogens (tertiary/aromatic N) is 2. The molecule has 0 aliphatic rings. The van der Waals surface area contributed by atoms with Crippen LogP contribution < -0.4 is 4.74 Å². The van der Waals surface area contributed by atoms with Gasteiger partial charge in [0.05, 0.1) is 11.0 Å². The Hall–Kier alpha value is -2.96. The van der Waals surface area contributed by atoms with Gasteiger partial charge in [0.2, 0.25) is 0 Å². The Bertz CT molecular complexity index is 642. The molecule has 2 rings (SSSR count). The molecule has 96 valence electrons. The van der Waals surface area contributed by atoms with Crippen molar-refractivity contribution in [2.24, 2.45) is 0 Å². The number of hydrogen-bond acceptors (Lipinski definition) is 5. The number of benzene rings is 1. The number of non-ortho nitro benzene ring substituents is 1. The molecule has 0 saturated carbocycles. The van der Waals surface area contributed by atoms with Crippen molar-refractivity contribution in [3.63, 3.8) is 0 Å². The Balaban J connectivity index is 2.34. The summed E-state index contributed by atoms with van der Waals surface area (Å²) >= 11 is 0. The van der Waals surface area contributed by atoms with E-state index in [9.17, 15) is 14.9 Å². The van der Waals surface area contributed by atoms with Gasteiger partial charge >= 0.3 is 5.97 Å². The molecule has 1 aromatic heterocycles. The van der Waals surface area contributed by atoms with Crippen LogP contribution in [0.4, 0.5) is 5.69 Å². The molecule has 0 radical (unpaired) electrons. The second-order valence-electron chi connectivity index (χ2n) is 3.51. The Morgan fingerprint density at radius 3 is 2.79 bits per heavy atom. The molecule has 0 unspecified atom stereocenters. The summed E-state index contributed by atoms with van der Waals surface area (Å²) in [5.74, 6) is -1.04. The van der Waals surface area contributed by atoms with Crippen molar-refractivity contribution >= 4 is 11.7 Å². The maximum Gasteiger partial charge on any atom is 0.358 e. The number of hydrogen-bond donors (Lipinski definition) is 1. The molecule has 0 saturated heterocycles. The van der Waals surface area contributed by atoms with Crippen molar-refractivity contribution in [1.82, 2.24) is 4.98 Å². The highest BCUT2D eigenvalue weighted by Gasteiger charge is 2.14. The van der Waals surface area contributed by atoms with Crippen LogP contribution in [0.5, 0.6) is 11.5 Å². The van der Waals surface area contributed by atoms with Crippen molar-refractivity contribution in [1.29, 1.82) is 0 Å². The highest BCUT2D eigenvalue weighted by Crippen LogP contribution is 2.26. The minimum Gasteiger partial charge on any atom is -0.476 e. The SMILES string of the molecule is O=C(O)c1ncccc1Oc1cccc([N+](=O)[O-])c1. The largest absolute Gasteiger partial charge is 0.476 e.